The number of aliphatic hydroxyl groups excluding tert-OH is 3. The predicted octanol–water partition coefficient (Wildman–Crippen LogP) is -1.32. The van der Waals surface area contributed by atoms with Gasteiger partial charge in [-0.3, -0.25) is 4.79 Å². The quantitative estimate of drug-likeness (QED) is 0.410. The Balaban J connectivity index is 2.70. The zero-order valence-corrected chi connectivity index (χ0v) is 6.27. The lowest BCUT2D eigenvalue weighted by Gasteiger charge is -2.31. The number of aliphatic hydroxyl groups is 3. The van der Waals surface area contributed by atoms with Crippen LogP contribution in [-0.4, -0.2) is 39.4 Å². The average Bonchev–Trinajstić information content (AvgIpc) is 1.97. The van der Waals surface area contributed by atoms with Gasteiger partial charge in [0.2, 0.25) is 0 Å². The molecule has 4 nitrogen and oxygen atoms in total. The van der Waals surface area contributed by atoms with Gasteiger partial charge in [-0.2, -0.15) is 0 Å². The highest BCUT2D eigenvalue weighted by Gasteiger charge is 2.39. The number of carbonyl (C=O) groups excluding carboxylic acids is 1. The first-order valence-corrected chi connectivity index (χ1v) is 3.61. The molecule has 11 heavy (non-hydrogen) atoms. The summed E-state index contributed by atoms with van der Waals surface area (Å²) in [6, 6.07) is 0. The fourth-order valence-electron chi connectivity index (χ4n) is 1.27. The van der Waals surface area contributed by atoms with Crippen LogP contribution in [0.3, 0.4) is 0 Å². The smallest absolute Gasteiger partial charge is 0.164 e. The maximum Gasteiger partial charge on any atom is 0.164 e. The zero-order valence-electron chi connectivity index (χ0n) is 6.27. The molecular weight excluding hydrogens is 148 g/mol. The third-order valence-electron chi connectivity index (χ3n) is 2.11. The van der Waals surface area contributed by atoms with Crippen molar-refractivity contribution >= 4 is 5.78 Å². The second-order valence-corrected chi connectivity index (χ2v) is 3.07. The van der Waals surface area contributed by atoms with Crippen molar-refractivity contribution < 1.29 is 20.1 Å². The summed E-state index contributed by atoms with van der Waals surface area (Å²) in [4.78, 5) is 10.8. The minimum atomic E-state index is -1.40. The molecule has 3 N–H and O–H groups in total. The van der Waals surface area contributed by atoms with Gasteiger partial charge < -0.3 is 15.3 Å². The molecule has 0 saturated heterocycles. The third kappa shape index (κ3) is 1.42. The molecule has 1 saturated carbocycles. The van der Waals surface area contributed by atoms with Crippen LogP contribution in [0.1, 0.15) is 13.3 Å². The summed E-state index contributed by atoms with van der Waals surface area (Å²) in [5.41, 5.74) is 0. The first-order valence-electron chi connectivity index (χ1n) is 3.61. The van der Waals surface area contributed by atoms with E-state index >= 15 is 0 Å². The van der Waals surface area contributed by atoms with Crippen molar-refractivity contribution in [2.75, 3.05) is 0 Å². The summed E-state index contributed by atoms with van der Waals surface area (Å²) < 4.78 is 0. The van der Waals surface area contributed by atoms with Crippen molar-refractivity contribution in [3.63, 3.8) is 0 Å². The number of Topliss-reactive ketones (excluding diaryl/α,β-unsaturated/α-hetero) is 1. The summed E-state index contributed by atoms with van der Waals surface area (Å²) >= 11 is 0. The van der Waals surface area contributed by atoms with E-state index < -0.39 is 24.1 Å². The fourth-order valence-corrected chi connectivity index (χ4v) is 1.27. The highest BCUT2D eigenvalue weighted by Crippen LogP contribution is 2.21. The fraction of sp³-hybridized carbons (Fsp3) is 0.857. The number of ketones is 1. The number of rotatable bonds is 0. The van der Waals surface area contributed by atoms with Gasteiger partial charge in [-0.15, -0.1) is 0 Å². The lowest BCUT2D eigenvalue weighted by atomic mass is 9.83. The van der Waals surface area contributed by atoms with Gasteiger partial charge in [0, 0.05) is 6.42 Å². The average molecular weight is 160 g/mol. The molecular formula is C7H12O4. The van der Waals surface area contributed by atoms with Crippen molar-refractivity contribution in [3.8, 4) is 0 Å². The number of carbonyl (C=O) groups is 1. The molecule has 4 heteroatoms. The van der Waals surface area contributed by atoms with Gasteiger partial charge in [0.05, 0.1) is 6.10 Å². The Bertz CT molecular complexity index is 168. The summed E-state index contributed by atoms with van der Waals surface area (Å²) in [7, 11) is 0. The van der Waals surface area contributed by atoms with E-state index in [1.807, 2.05) is 0 Å². The van der Waals surface area contributed by atoms with Crippen LogP contribution in [-0.2, 0) is 4.79 Å². The summed E-state index contributed by atoms with van der Waals surface area (Å²) in [6.07, 6.45) is -3.56. The van der Waals surface area contributed by atoms with E-state index in [0.717, 1.165) is 0 Å². The highest BCUT2D eigenvalue weighted by atomic mass is 16.4. The molecule has 64 valence electrons. The zero-order chi connectivity index (χ0) is 8.59. The Morgan fingerprint density at radius 1 is 1.27 bits per heavy atom. The Labute approximate surface area is 64.5 Å². The molecule has 0 aromatic rings. The molecule has 0 amide bonds. The SMILES string of the molecule is C[C@@H]1CC(=O)[C@@H](O)[C@H](O)[C@H]1O. The summed E-state index contributed by atoms with van der Waals surface area (Å²) in [6.45, 7) is 1.66. The van der Waals surface area contributed by atoms with Crippen molar-refractivity contribution in [3.05, 3.63) is 0 Å². The second-order valence-electron chi connectivity index (χ2n) is 3.07. The van der Waals surface area contributed by atoms with Crippen LogP contribution in [0.2, 0.25) is 0 Å². The van der Waals surface area contributed by atoms with Gasteiger partial charge in [-0.05, 0) is 5.92 Å². The first-order chi connectivity index (χ1) is 5.04. The van der Waals surface area contributed by atoms with Crippen molar-refractivity contribution in [1.29, 1.82) is 0 Å². The van der Waals surface area contributed by atoms with Crippen LogP contribution in [0.15, 0.2) is 0 Å². The Hall–Kier alpha value is -0.450. The van der Waals surface area contributed by atoms with Crippen LogP contribution in [0.5, 0.6) is 0 Å². The Kier molecular flexibility index (Phi) is 2.27. The van der Waals surface area contributed by atoms with E-state index in [-0.39, 0.29) is 12.3 Å². The number of hydrogen-bond acceptors (Lipinski definition) is 4. The molecule has 0 aromatic carbocycles. The van der Waals surface area contributed by atoms with Gasteiger partial charge in [-0.25, -0.2) is 0 Å². The highest BCUT2D eigenvalue weighted by molar-refractivity contribution is 5.84. The minimum Gasteiger partial charge on any atom is -0.390 e. The Morgan fingerprint density at radius 3 is 2.36 bits per heavy atom. The number of hydrogen-bond donors (Lipinski definition) is 3. The maximum atomic E-state index is 10.8. The van der Waals surface area contributed by atoms with Crippen LogP contribution in [0.4, 0.5) is 0 Å². The summed E-state index contributed by atoms with van der Waals surface area (Å²) in [5, 5.41) is 27.2. The van der Waals surface area contributed by atoms with Crippen LogP contribution < -0.4 is 0 Å². The Morgan fingerprint density at radius 2 is 1.82 bits per heavy atom. The van der Waals surface area contributed by atoms with E-state index in [0.29, 0.717) is 0 Å². The van der Waals surface area contributed by atoms with Gasteiger partial charge in [0.15, 0.2) is 5.78 Å². The lowest BCUT2D eigenvalue weighted by molar-refractivity contribution is -0.152. The van der Waals surface area contributed by atoms with Crippen molar-refractivity contribution in [2.45, 2.75) is 31.7 Å². The van der Waals surface area contributed by atoms with Gasteiger partial charge in [0.1, 0.15) is 12.2 Å². The lowest BCUT2D eigenvalue weighted by Crippen LogP contribution is -2.50. The molecule has 0 spiro atoms. The molecule has 1 aliphatic carbocycles. The van der Waals surface area contributed by atoms with Crippen molar-refractivity contribution in [2.24, 2.45) is 5.92 Å². The van der Waals surface area contributed by atoms with Gasteiger partial charge >= 0.3 is 0 Å². The maximum absolute atomic E-state index is 10.8. The monoisotopic (exact) mass is 160 g/mol. The van der Waals surface area contributed by atoms with Gasteiger partial charge in [-0.1, -0.05) is 6.92 Å². The largest absolute Gasteiger partial charge is 0.390 e. The molecule has 0 aromatic heterocycles. The molecule has 0 unspecified atom stereocenters. The van der Waals surface area contributed by atoms with E-state index in [4.69, 9.17) is 10.2 Å². The molecule has 0 radical (unpaired) electrons. The van der Waals surface area contributed by atoms with Crippen LogP contribution >= 0.6 is 0 Å². The van der Waals surface area contributed by atoms with E-state index in [2.05, 4.69) is 0 Å². The van der Waals surface area contributed by atoms with Crippen LogP contribution in [0.25, 0.3) is 0 Å². The van der Waals surface area contributed by atoms with Crippen molar-refractivity contribution in [1.82, 2.24) is 0 Å². The molecule has 0 bridgehead atoms. The second kappa shape index (κ2) is 2.89. The van der Waals surface area contributed by atoms with Crippen LogP contribution in [0, 0.1) is 5.92 Å². The topological polar surface area (TPSA) is 77.8 Å². The van der Waals surface area contributed by atoms with E-state index in [9.17, 15) is 9.90 Å². The molecule has 1 aliphatic rings. The summed E-state index contributed by atoms with van der Waals surface area (Å²) in [5.74, 6) is -0.656. The van der Waals surface area contributed by atoms with Gasteiger partial charge in [0.25, 0.3) is 0 Å². The first kappa shape index (κ1) is 8.64. The standard InChI is InChI=1S/C7H12O4/c1-3-2-4(8)6(10)7(11)5(3)9/h3,5-7,9-11H,2H2,1H3/t3-,5+,6-,7-/m1/s1. The van der Waals surface area contributed by atoms with E-state index in [1.54, 1.807) is 6.92 Å². The molecule has 1 fully saturated rings. The normalized spacial score (nSPS) is 46.0. The predicted molar refractivity (Wildman–Crippen MR) is 36.8 cm³/mol. The molecule has 0 heterocycles. The molecule has 1 rings (SSSR count). The van der Waals surface area contributed by atoms with E-state index in [1.165, 1.54) is 0 Å². The minimum absolute atomic E-state index is 0.138. The molecule has 0 aliphatic heterocycles. The third-order valence-corrected chi connectivity index (χ3v) is 2.11. The molecule has 4 atom stereocenters.